The molecule has 0 aliphatic carbocycles. The number of hydrogen-bond acceptors (Lipinski definition) is 4. The molecule has 0 saturated carbocycles. The molecule has 23 heavy (non-hydrogen) atoms. The van der Waals surface area contributed by atoms with E-state index in [0.717, 1.165) is 7.11 Å². The van der Waals surface area contributed by atoms with Crippen molar-refractivity contribution in [2.75, 3.05) is 27.1 Å². The summed E-state index contributed by atoms with van der Waals surface area (Å²) < 4.78 is 137. The Bertz CT molecular complexity index is 1130. The minimum Gasteiger partial charge on any atom is -0.493 e. The van der Waals surface area contributed by atoms with Crippen LogP contribution in [0.25, 0.3) is 0 Å². The Balaban J connectivity index is 2.63. The van der Waals surface area contributed by atoms with E-state index in [0.29, 0.717) is 0 Å². The van der Waals surface area contributed by atoms with Crippen LogP contribution in [-0.4, -0.2) is 43.2 Å². The molecule has 3 atom stereocenters. The molecule has 1 N–H and O–H groups in total. The van der Waals surface area contributed by atoms with Gasteiger partial charge < -0.3 is 14.6 Å². The maximum Gasteiger partial charge on any atom is 0.161 e. The smallest absolute Gasteiger partial charge is 0.161 e. The van der Waals surface area contributed by atoms with Crippen molar-refractivity contribution in [3.8, 4) is 11.5 Å². The second-order valence-electron chi connectivity index (χ2n) is 5.71. The first-order valence-electron chi connectivity index (χ1n) is 14.7. The van der Waals surface area contributed by atoms with Crippen molar-refractivity contribution in [2.45, 2.75) is 45.1 Å². The van der Waals surface area contributed by atoms with Gasteiger partial charge in [0.15, 0.2) is 11.5 Å². The minimum absolute atomic E-state index is 0.0749. The number of ether oxygens (including phenoxy) is 2. The lowest BCUT2D eigenvalue weighted by atomic mass is 9.79. The monoisotopic (exact) mass is 334 g/mol. The zero-order valence-corrected chi connectivity index (χ0v) is 13.1. The van der Waals surface area contributed by atoms with E-state index in [1.165, 1.54) is 0 Å². The Kier molecular flexibility index (Phi) is 1.81. The first-order chi connectivity index (χ1) is 16.8. The molecule has 1 aromatic carbocycles. The van der Waals surface area contributed by atoms with E-state index in [1.54, 1.807) is 13.8 Å². The van der Waals surface area contributed by atoms with Crippen molar-refractivity contribution in [2.24, 2.45) is 11.8 Å². The van der Waals surface area contributed by atoms with Gasteiger partial charge in [0.25, 0.3) is 0 Å². The van der Waals surface area contributed by atoms with Crippen LogP contribution in [0.5, 0.6) is 11.5 Å². The summed E-state index contributed by atoms with van der Waals surface area (Å²) in [6.07, 6.45) is -10.8. The topological polar surface area (TPSA) is 41.9 Å². The van der Waals surface area contributed by atoms with Crippen LogP contribution >= 0.6 is 0 Å². The summed E-state index contributed by atoms with van der Waals surface area (Å²) in [5, 5.41) is 11.2. The summed E-state index contributed by atoms with van der Waals surface area (Å²) in [6.45, 7) is -3.68. The van der Waals surface area contributed by atoms with Crippen LogP contribution in [0.1, 0.15) is 64.3 Å². The summed E-state index contributed by atoms with van der Waals surface area (Å²) in [7, 11) is -2.32. The lowest BCUT2D eigenvalue weighted by Gasteiger charge is -2.46. The third kappa shape index (κ3) is 3.20. The van der Waals surface area contributed by atoms with Gasteiger partial charge in [-0.15, -0.1) is 0 Å². The fourth-order valence-corrected chi connectivity index (χ4v) is 2.51. The predicted molar refractivity (Wildman–Crippen MR) is 91.1 cm³/mol. The molecule has 4 heteroatoms. The lowest BCUT2D eigenvalue weighted by molar-refractivity contribution is -0.0191. The van der Waals surface area contributed by atoms with Gasteiger partial charge in [-0.2, -0.15) is 0 Å². The standard InChI is InChI=1S/C19H29NO3/c1-12(2)7-14-11-20-6-5-13-8-18(22-3)19(23-4)9-15(13)16(20)10-17(14)21/h8-9,12,14,16-17,21H,5-7,10-11H2,1-4H3/i4D3,5D2,6D2,8D,9D,10D2,11D2,16D,17D. The summed E-state index contributed by atoms with van der Waals surface area (Å²) in [5.41, 5.74) is -2.25. The van der Waals surface area contributed by atoms with Crippen molar-refractivity contribution < 1.29 is 35.1 Å². The maximum absolute atomic E-state index is 11.2. The second kappa shape index (κ2) is 6.70. The molecule has 4 nitrogen and oxygen atoms in total. The van der Waals surface area contributed by atoms with Gasteiger partial charge in [0.1, 0.15) is 0 Å². The van der Waals surface area contributed by atoms with Crippen LogP contribution in [0.4, 0.5) is 0 Å². The molecule has 0 amide bonds. The number of hydrogen-bond donors (Lipinski definition) is 1. The van der Waals surface area contributed by atoms with E-state index in [2.05, 4.69) is 0 Å². The average Bonchev–Trinajstić information content (AvgIpc) is 2.70. The Hall–Kier alpha value is -1.26. The maximum atomic E-state index is 11.2. The van der Waals surface area contributed by atoms with E-state index in [4.69, 9.17) is 28.7 Å². The zero-order chi connectivity index (χ0) is 29.8. The Labute approximate surface area is 160 Å². The molecular weight excluding hydrogens is 290 g/mol. The number of methoxy groups -OCH3 is 2. The van der Waals surface area contributed by atoms with E-state index in [-0.39, 0.29) is 11.3 Å². The highest BCUT2D eigenvalue weighted by Gasteiger charge is 2.38. The molecule has 0 radical (unpaired) electrons. The van der Waals surface area contributed by atoms with Crippen LogP contribution in [0.15, 0.2) is 12.1 Å². The third-order valence-corrected chi connectivity index (χ3v) is 3.56. The molecule has 1 fully saturated rings. The third-order valence-electron chi connectivity index (χ3n) is 3.56. The number of nitrogens with zero attached hydrogens (tertiary/aromatic N) is 1. The SMILES string of the molecule is [2H]c1c(OC)c(OC([2H])([2H])[2H])c([2H])c2c1C([2H])([2H])C([2H])([2H])N1C([2H])([2H])C(CC(C)C)C([2H])(O)C([2H])([2H])C21[2H]. The Morgan fingerprint density at radius 3 is 2.96 bits per heavy atom. The number of rotatable bonds is 4. The molecule has 0 bridgehead atoms. The fraction of sp³-hybridized carbons (Fsp3) is 0.684. The van der Waals surface area contributed by atoms with Crippen LogP contribution < -0.4 is 9.47 Å². The van der Waals surface area contributed by atoms with Crippen molar-refractivity contribution in [3.63, 3.8) is 0 Å². The van der Waals surface area contributed by atoms with Gasteiger partial charge in [0, 0.05) is 30.0 Å². The normalized spacial score (nSPS) is 52.7. The van der Waals surface area contributed by atoms with Crippen LogP contribution in [-0.2, 0) is 6.37 Å². The largest absolute Gasteiger partial charge is 0.493 e. The zero-order valence-electron chi connectivity index (χ0n) is 28.1. The van der Waals surface area contributed by atoms with Crippen LogP contribution in [0, 0.1) is 11.8 Å². The predicted octanol–water partition coefficient (Wildman–Crippen LogP) is 3.03. The summed E-state index contributed by atoms with van der Waals surface area (Å²) in [5.74, 6) is -4.28. The molecule has 3 unspecified atom stereocenters. The molecule has 3 rings (SSSR count). The number of piperidine rings is 1. The molecule has 1 aromatic rings. The van der Waals surface area contributed by atoms with Gasteiger partial charge in [-0.3, -0.25) is 4.90 Å². The van der Waals surface area contributed by atoms with Gasteiger partial charge in [-0.1, -0.05) is 13.8 Å². The summed E-state index contributed by atoms with van der Waals surface area (Å²) >= 11 is 0. The molecule has 128 valence electrons. The minimum atomic E-state index is -3.64. The van der Waals surface area contributed by atoms with E-state index in [9.17, 15) is 6.48 Å². The summed E-state index contributed by atoms with van der Waals surface area (Å²) in [6, 6.07) is -5.83. The van der Waals surface area contributed by atoms with E-state index >= 15 is 0 Å². The lowest BCUT2D eigenvalue weighted by Crippen LogP contribution is -2.48. The van der Waals surface area contributed by atoms with Crippen molar-refractivity contribution in [3.05, 3.63) is 23.2 Å². The first-order valence-corrected chi connectivity index (χ1v) is 7.21. The highest BCUT2D eigenvalue weighted by atomic mass is 16.5. The average molecular weight is 335 g/mol. The molecule has 0 aromatic heterocycles. The molecule has 2 aliphatic heterocycles. The van der Waals surface area contributed by atoms with Crippen molar-refractivity contribution >= 4 is 0 Å². The van der Waals surface area contributed by atoms with Gasteiger partial charge in [0.2, 0.25) is 0 Å². The van der Waals surface area contributed by atoms with E-state index < -0.39 is 91.4 Å². The number of fused-ring (bicyclic) bond motifs is 3. The molecule has 2 aliphatic rings. The quantitative estimate of drug-likeness (QED) is 0.919. The Morgan fingerprint density at radius 1 is 1.48 bits per heavy atom. The first kappa shape index (κ1) is 6.23. The highest BCUT2D eigenvalue weighted by molar-refractivity contribution is 5.49. The van der Waals surface area contributed by atoms with Gasteiger partial charge in [-0.05, 0) is 54.2 Å². The Morgan fingerprint density at radius 2 is 2.26 bits per heavy atom. The van der Waals surface area contributed by atoms with Crippen LogP contribution in [0.3, 0.4) is 0 Å². The molecule has 0 spiro atoms. The molecular formula is C19H29NO3. The van der Waals surface area contributed by atoms with Gasteiger partial charge >= 0.3 is 0 Å². The van der Waals surface area contributed by atoms with Crippen molar-refractivity contribution in [1.29, 1.82) is 0 Å². The van der Waals surface area contributed by atoms with Crippen LogP contribution in [0.2, 0.25) is 0 Å². The molecule has 1 saturated heterocycles. The number of benzene rings is 1. The summed E-state index contributed by atoms with van der Waals surface area (Å²) in [4.78, 5) is -0.0749. The van der Waals surface area contributed by atoms with Gasteiger partial charge in [-0.25, -0.2) is 0 Å². The van der Waals surface area contributed by atoms with Crippen molar-refractivity contribution in [1.82, 2.24) is 4.90 Å². The van der Waals surface area contributed by atoms with Gasteiger partial charge in [0.05, 0.1) is 29.8 Å². The fourth-order valence-electron chi connectivity index (χ4n) is 2.51. The van der Waals surface area contributed by atoms with E-state index in [1.807, 2.05) is 0 Å². The molecule has 2 heterocycles. The second-order valence-corrected chi connectivity index (χ2v) is 5.71. The highest BCUT2D eigenvalue weighted by Crippen LogP contribution is 2.43. The number of aliphatic hydroxyl groups is 1.